The first kappa shape index (κ1) is 23.2. The average molecular weight is 458 g/mol. The summed E-state index contributed by atoms with van der Waals surface area (Å²) in [6, 6.07) is 22.5. The molecule has 1 aliphatic rings. The second-order valence-corrected chi connectivity index (χ2v) is 8.61. The number of nitrogens with zero attached hydrogens (tertiary/aromatic N) is 1. The fourth-order valence-corrected chi connectivity index (χ4v) is 4.08. The van der Waals surface area contributed by atoms with Crippen LogP contribution in [0.4, 0.5) is 5.69 Å². The Morgan fingerprint density at radius 2 is 1.53 bits per heavy atom. The van der Waals surface area contributed by atoms with Crippen LogP contribution in [0.3, 0.4) is 0 Å². The highest BCUT2D eigenvalue weighted by atomic mass is 16.3. The minimum atomic E-state index is -1.82. The summed E-state index contributed by atoms with van der Waals surface area (Å²) in [5, 5.41) is 14.5. The molecule has 0 aromatic heterocycles. The molecule has 0 saturated heterocycles. The van der Waals surface area contributed by atoms with E-state index in [1.807, 2.05) is 36.4 Å². The van der Waals surface area contributed by atoms with E-state index in [2.05, 4.69) is 10.7 Å². The summed E-state index contributed by atoms with van der Waals surface area (Å²) in [6.45, 7) is 4.67. The molecule has 1 aliphatic heterocycles. The molecule has 0 spiro atoms. The van der Waals surface area contributed by atoms with Gasteiger partial charge in [-0.15, -0.1) is 0 Å². The van der Waals surface area contributed by atoms with Gasteiger partial charge < -0.3 is 10.4 Å². The van der Waals surface area contributed by atoms with Crippen molar-refractivity contribution in [3.8, 4) is 11.1 Å². The molecule has 3 N–H and O–H groups in total. The third-order valence-electron chi connectivity index (χ3n) is 6.19. The average Bonchev–Trinajstić information content (AvgIpc) is 2.94. The minimum Gasteiger partial charge on any atom is -0.376 e. The predicted molar refractivity (Wildman–Crippen MR) is 130 cm³/mol. The van der Waals surface area contributed by atoms with Crippen molar-refractivity contribution in [2.24, 2.45) is 0 Å². The van der Waals surface area contributed by atoms with Crippen LogP contribution >= 0.6 is 0 Å². The Morgan fingerprint density at radius 1 is 0.941 bits per heavy atom. The van der Waals surface area contributed by atoms with Gasteiger partial charge in [0.25, 0.3) is 17.7 Å². The highest BCUT2D eigenvalue weighted by Gasteiger charge is 2.36. The Hall–Kier alpha value is -3.97. The zero-order valence-corrected chi connectivity index (χ0v) is 19.3. The van der Waals surface area contributed by atoms with Crippen LogP contribution in [-0.4, -0.2) is 28.9 Å². The Labute approximate surface area is 198 Å². The molecule has 0 radical (unpaired) electrons. The number of aliphatic hydroxyl groups is 1. The molecular formula is C27H27N3O4. The molecule has 0 aliphatic carbocycles. The Balaban J connectivity index is 1.57. The van der Waals surface area contributed by atoms with Crippen molar-refractivity contribution in [3.63, 3.8) is 0 Å². The van der Waals surface area contributed by atoms with Gasteiger partial charge in [-0.3, -0.25) is 19.8 Å². The van der Waals surface area contributed by atoms with E-state index in [0.717, 1.165) is 16.7 Å². The van der Waals surface area contributed by atoms with Crippen molar-refractivity contribution in [2.75, 3.05) is 5.01 Å². The predicted octanol–water partition coefficient (Wildman–Crippen LogP) is 3.25. The highest BCUT2D eigenvalue weighted by molar-refractivity contribution is 6.07. The fraction of sp³-hybridized carbons (Fsp3) is 0.222. The van der Waals surface area contributed by atoms with Gasteiger partial charge in [-0.2, -0.15) is 0 Å². The molecule has 3 aromatic carbocycles. The SMILES string of the molecule is CC1C(=O)N(NC(=O)[C@H](C)NC(=O)[C@@](C)(O)c2ccccc2)c2ccccc2-c2ccccc21. The molecule has 0 bridgehead atoms. The van der Waals surface area contributed by atoms with Crippen molar-refractivity contribution in [2.45, 2.75) is 38.3 Å². The lowest BCUT2D eigenvalue weighted by Gasteiger charge is -2.28. The number of fused-ring (bicyclic) bond motifs is 3. The van der Waals surface area contributed by atoms with E-state index in [-0.39, 0.29) is 5.91 Å². The molecule has 0 fully saturated rings. The molecular weight excluding hydrogens is 430 g/mol. The monoisotopic (exact) mass is 457 g/mol. The molecule has 3 aromatic rings. The first-order valence-corrected chi connectivity index (χ1v) is 11.1. The summed E-state index contributed by atoms with van der Waals surface area (Å²) in [7, 11) is 0. The third kappa shape index (κ3) is 4.18. The number of carbonyl (C=O) groups excluding carboxylic acids is 3. The van der Waals surface area contributed by atoms with Crippen molar-refractivity contribution >= 4 is 23.4 Å². The maximum Gasteiger partial charge on any atom is 0.261 e. The number of carbonyl (C=O) groups is 3. The Kier molecular flexibility index (Phi) is 6.22. The number of rotatable bonds is 5. The standard InChI is InChI=1S/C27H27N3O4/c1-17-20-13-7-8-14-21(20)22-15-9-10-16-23(22)30(25(17)32)29-24(31)18(2)28-26(33)27(3,34)19-11-5-4-6-12-19/h4-18,34H,1-3H3,(H,28,33)(H,29,31)/t17?,18-,27-/m0/s1. The number of hydrogen-bond donors (Lipinski definition) is 3. The molecule has 3 amide bonds. The van der Waals surface area contributed by atoms with Crippen LogP contribution in [0, 0.1) is 0 Å². The van der Waals surface area contributed by atoms with E-state index in [9.17, 15) is 19.5 Å². The molecule has 1 heterocycles. The van der Waals surface area contributed by atoms with Gasteiger partial charge in [0.2, 0.25) is 0 Å². The summed E-state index contributed by atoms with van der Waals surface area (Å²) in [5.74, 6) is -2.09. The van der Waals surface area contributed by atoms with Crippen molar-refractivity contribution < 1.29 is 19.5 Å². The van der Waals surface area contributed by atoms with Crippen LogP contribution in [0.2, 0.25) is 0 Å². The van der Waals surface area contributed by atoms with E-state index in [0.29, 0.717) is 11.3 Å². The van der Waals surface area contributed by atoms with Crippen LogP contribution in [0.15, 0.2) is 78.9 Å². The smallest absolute Gasteiger partial charge is 0.261 e. The molecule has 34 heavy (non-hydrogen) atoms. The minimum absolute atomic E-state index is 0.291. The van der Waals surface area contributed by atoms with Crippen LogP contribution in [0.1, 0.15) is 37.8 Å². The van der Waals surface area contributed by atoms with Crippen LogP contribution in [-0.2, 0) is 20.0 Å². The summed E-state index contributed by atoms with van der Waals surface area (Å²) in [4.78, 5) is 39.2. The maximum atomic E-state index is 13.4. The lowest BCUT2D eigenvalue weighted by molar-refractivity contribution is -0.141. The van der Waals surface area contributed by atoms with Gasteiger partial charge in [-0.1, -0.05) is 72.8 Å². The Morgan fingerprint density at radius 3 is 2.24 bits per heavy atom. The lowest BCUT2D eigenvalue weighted by atomic mass is 9.92. The fourth-order valence-electron chi connectivity index (χ4n) is 4.08. The second-order valence-electron chi connectivity index (χ2n) is 8.61. The number of amides is 3. The zero-order valence-electron chi connectivity index (χ0n) is 19.3. The summed E-state index contributed by atoms with van der Waals surface area (Å²) >= 11 is 0. The molecule has 3 atom stereocenters. The summed E-state index contributed by atoms with van der Waals surface area (Å²) < 4.78 is 0. The van der Waals surface area contributed by atoms with Crippen LogP contribution in [0.5, 0.6) is 0 Å². The van der Waals surface area contributed by atoms with Gasteiger partial charge in [-0.25, -0.2) is 5.01 Å². The number of benzene rings is 3. The van der Waals surface area contributed by atoms with Crippen molar-refractivity contribution in [1.29, 1.82) is 0 Å². The van der Waals surface area contributed by atoms with E-state index in [1.54, 1.807) is 49.4 Å². The molecule has 4 rings (SSSR count). The highest BCUT2D eigenvalue weighted by Crippen LogP contribution is 2.39. The number of para-hydroxylation sites is 1. The normalized spacial score (nSPS) is 17.5. The number of hydrogen-bond acceptors (Lipinski definition) is 4. The largest absolute Gasteiger partial charge is 0.376 e. The number of anilines is 1. The number of hydrazine groups is 1. The van der Waals surface area contributed by atoms with Crippen molar-refractivity contribution in [1.82, 2.24) is 10.7 Å². The van der Waals surface area contributed by atoms with Gasteiger partial charge in [0.05, 0.1) is 11.6 Å². The summed E-state index contributed by atoms with van der Waals surface area (Å²) in [5.41, 5.74) is 4.43. The van der Waals surface area contributed by atoms with Gasteiger partial charge in [0, 0.05) is 5.56 Å². The molecule has 7 nitrogen and oxygen atoms in total. The first-order valence-electron chi connectivity index (χ1n) is 11.1. The first-order chi connectivity index (χ1) is 16.2. The van der Waals surface area contributed by atoms with Crippen molar-refractivity contribution in [3.05, 3.63) is 90.0 Å². The quantitative estimate of drug-likeness (QED) is 0.548. The summed E-state index contributed by atoms with van der Waals surface area (Å²) in [6.07, 6.45) is 0. The van der Waals surface area contributed by atoms with Gasteiger partial charge in [0.15, 0.2) is 5.60 Å². The molecule has 0 saturated carbocycles. The van der Waals surface area contributed by atoms with Gasteiger partial charge in [0.1, 0.15) is 6.04 Å². The maximum absolute atomic E-state index is 13.4. The Bertz CT molecular complexity index is 1240. The van der Waals surface area contributed by atoms with Gasteiger partial charge >= 0.3 is 0 Å². The second kappa shape index (κ2) is 9.11. The van der Waals surface area contributed by atoms with Gasteiger partial charge in [-0.05, 0) is 43.5 Å². The topological polar surface area (TPSA) is 98.7 Å². The zero-order chi connectivity index (χ0) is 24.5. The van der Waals surface area contributed by atoms with E-state index in [1.165, 1.54) is 18.9 Å². The van der Waals surface area contributed by atoms with E-state index >= 15 is 0 Å². The third-order valence-corrected chi connectivity index (χ3v) is 6.19. The molecule has 1 unspecified atom stereocenters. The van der Waals surface area contributed by atoms with Crippen LogP contribution < -0.4 is 15.8 Å². The number of nitrogens with one attached hydrogen (secondary N) is 2. The lowest BCUT2D eigenvalue weighted by Crippen LogP contribution is -2.56. The van der Waals surface area contributed by atoms with Crippen LogP contribution in [0.25, 0.3) is 11.1 Å². The molecule has 7 heteroatoms. The molecule has 174 valence electrons. The van der Waals surface area contributed by atoms with E-state index in [4.69, 9.17) is 0 Å². The van der Waals surface area contributed by atoms with E-state index < -0.39 is 29.4 Å².